The second-order valence-electron chi connectivity index (χ2n) is 5.06. The van der Waals surface area contributed by atoms with Crippen LogP contribution in [0.15, 0.2) is 18.2 Å². The molecule has 0 aliphatic carbocycles. The Hall–Kier alpha value is -1.00. The normalized spacial score (nSPS) is 33.7. The lowest BCUT2D eigenvalue weighted by molar-refractivity contribution is 0.0209. The zero-order valence-corrected chi connectivity index (χ0v) is 10.7. The van der Waals surface area contributed by atoms with Gasteiger partial charge in [-0.2, -0.15) is 0 Å². The predicted octanol–water partition coefficient (Wildman–Crippen LogP) is 3.06. The van der Waals surface area contributed by atoms with Crippen LogP contribution in [0.2, 0.25) is 0 Å². The van der Waals surface area contributed by atoms with E-state index in [4.69, 9.17) is 4.74 Å². The maximum atomic E-state index is 13.7. The summed E-state index contributed by atoms with van der Waals surface area (Å²) in [6.07, 6.45) is -1.42. The van der Waals surface area contributed by atoms with Gasteiger partial charge in [0.05, 0.1) is 23.9 Å². The topological polar surface area (TPSA) is 29.5 Å². The van der Waals surface area contributed by atoms with Gasteiger partial charge in [0.15, 0.2) is 0 Å². The minimum Gasteiger partial charge on any atom is -0.388 e. The minimum absolute atomic E-state index is 0.0190. The van der Waals surface area contributed by atoms with Gasteiger partial charge < -0.3 is 9.84 Å². The minimum atomic E-state index is -1.18. The lowest BCUT2D eigenvalue weighted by Gasteiger charge is -2.25. The molecule has 1 N–H and O–H groups in total. The molecule has 2 nitrogen and oxygen atoms in total. The number of rotatable bonds is 2. The van der Waals surface area contributed by atoms with Crippen LogP contribution in [0.1, 0.15) is 32.4 Å². The Morgan fingerprint density at radius 1 is 1.11 bits per heavy atom. The van der Waals surface area contributed by atoms with Crippen LogP contribution >= 0.6 is 0 Å². The molecule has 4 heteroatoms. The second kappa shape index (κ2) is 4.94. The molecule has 1 aromatic rings. The first kappa shape index (κ1) is 13.4. The van der Waals surface area contributed by atoms with Crippen LogP contribution in [0.3, 0.4) is 0 Å². The van der Waals surface area contributed by atoms with Crippen molar-refractivity contribution in [2.24, 2.45) is 11.8 Å². The fraction of sp³-hybridized carbons (Fsp3) is 0.571. The summed E-state index contributed by atoms with van der Waals surface area (Å²) < 4.78 is 32.9. The highest BCUT2D eigenvalue weighted by molar-refractivity contribution is 5.23. The smallest absolute Gasteiger partial charge is 0.131 e. The summed E-state index contributed by atoms with van der Waals surface area (Å²) in [6, 6.07) is 3.62. The number of halogens is 2. The highest BCUT2D eigenvalue weighted by atomic mass is 19.1. The van der Waals surface area contributed by atoms with Gasteiger partial charge in [-0.15, -0.1) is 0 Å². The van der Waals surface area contributed by atoms with Gasteiger partial charge >= 0.3 is 0 Å². The van der Waals surface area contributed by atoms with Crippen LogP contribution in [0.25, 0.3) is 0 Å². The van der Waals surface area contributed by atoms with E-state index in [1.807, 2.05) is 20.8 Å². The summed E-state index contributed by atoms with van der Waals surface area (Å²) in [5.74, 6) is -1.66. The molecule has 18 heavy (non-hydrogen) atoms. The van der Waals surface area contributed by atoms with E-state index >= 15 is 0 Å². The number of hydrogen-bond donors (Lipinski definition) is 1. The summed E-state index contributed by atoms with van der Waals surface area (Å²) in [4.78, 5) is 0. The third-order valence-electron chi connectivity index (χ3n) is 3.98. The van der Waals surface area contributed by atoms with Gasteiger partial charge in [-0.1, -0.05) is 13.0 Å². The van der Waals surface area contributed by atoms with E-state index in [1.54, 1.807) is 0 Å². The van der Waals surface area contributed by atoms with Gasteiger partial charge in [0.25, 0.3) is 0 Å². The molecule has 1 heterocycles. The molecule has 0 amide bonds. The lowest BCUT2D eigenvalue weighted by atomic mass is 9.82. The molecule has 5 unspecified atom stereocenters. The molecule has 0 radical (unpaired) electrons. The summed E-state index contributed by atoms with van der Waals surface area (Å²) in [5, 5.41) is 10.3. The molecule has 0 saturated carbocycles. The van der Waals surface area contributed by atoms with E-state index in [1.165, 1.54) is 6.07 Å². The van der Waals surface area contributed by atoms with Gasteiger partial charge in [-0.3, -0.25) is 0 Å². The fourth-order valence-corrected chi connectivity index (χ4v) is 2.82. The molecule has 1 fully saturated rings. The molecule has 0 spiro atoms. The Bertz CT molecular complexity index is 416. The molecule has 100 valence electrons. The molecule has 1 aliphatic rings. The van der Waals surface area contributed by atoms with Gasteiger partial charge in [-0.25, -0.2) is 8.78 Å². The maximum absolute atomic E-state index is 13.7. The van der Waals surface area contributed by atoms with Gasteiger partial charge in [0.1, 0.15) is 11.6 Å². The van der Waals surface area contributed by atoms with Crippen molar-refractivity contribution in [2.75, 3.05) is 0 Å². The third-order valence-corrected chi connectivity index (χ3v) is 3.98. The van der Waals surface area contributed by atoms with Crippen molar-refractivity contribution >= 4 is 0 Å². The quantitative estimate of drug-likeness (QED) is 0.881. The van der Waals surface area contributed by atoms with E-state index in [9.17, 15) is 13.9 Å². The van der Waals surface area contributed by atoms with E-state index in [0.717, 1.165) is 12.1 Å². The average Bonchev–Trinajstić information content (AvgIpc) is 2.52. The van der Waals surface area contributed by atoms with Crippen LogP contribution < -0.4 is 0 Å². The summed E-state index contributed by atoms with van der Waals surface area (Å²) in [7, 11) is 0. The summed E-state index contributed by atoms with van der Waals surface area (Å²) in [6.45, 7) is 5.67. The zero-order chi connectivity index (χ0) is 13.4. The first-order valence-corrected chi connectivity index (χ1v) is 6.21. The highest BCUT2D eigenvalue weighted by Gasteiger charge is 2.43. The van der Waals surface area contributed by atoms with E-state index in [0.29, 0.717) is 0 Å². The number of benzene rings is 1. The Balaban J connectivity index is 2.34. The Labute approximate surface area is 106 Å². The summed E-state index contributed by atoms with van der Waals surface area (Å²) >= 11 is 0. The molecular weight excluding hydrogens is 238 g/mol. The number of hydrogen-bond acceptors (Lipinski definition) is 2. The van der Waals surface area contributed by atoms with E-state index < -0.39 is 17.7 Å². The van der Waals surface area contributed by atoms with Crippen molar-refractivity contribution in [1.29, 1.82) is 0 Å². The number of ether oxygens (including phenoxy) is 1. The van der Waals surface area contributed by atoms with Gasteiger partial charge in [0, 0.05) is 5.92 Å². The molecule has 0 aromatic heterocycles. The largest absolute Gasteiger partial charge is 0.388 e. The predicted molar refractivity (Wildman–Crippen MR) is 64.0 cm³/mol. The molecule has 1 aliphatic heterocycles. The van der Waals surface area contributed by atoms with Gasteiger partial charge in [-0.05, 0) is 31.9 Å². The molecule has 2 rings (SSSR count). The van der Waals surface area contributed by atoms with Crippen molar-refractivity contribution in [3.63, 3.8) is 0 Å². The SMILES string of the molecule is CC1OC(C)C(C(O)c2c(F)cccc2F)C1C. The number of aliphatic hydroxyl groups is 1. The first-order valence-electron chi connectivity index (χ1n) is 6.21. The molecule has 1 aromatic carbocycles. The first-order chi connectivity index (χ1) is 8.43. The number of aliphatic hydroxyl groups excluding tert-OH is 1. The van der Waals surface area contributed by atoms with Crippen LogP contribution in [-0.4, -0.2) is 17.3 Å². The summed E-state index contributed by atoms with van der Waals surface area (Å²) in [5.41, 5.74) is -0.251. The Morgan fingerprint density at radius 2 is 1.67 bits per heavy atom. The third kappa shape index (κ3) is 2.15. The van der Waals surface area contributed by atoms with Crippen LogP contribution in [-0.2, 0) is 4.74 Å². The fourth-order valence-electron chi connectivity index (χ4n) is 2.82. The van der Waals surface area contributed by atoms with Crippen LogP contribution in [0.5, 0.6) is 0 Å². The molecular formula is C14H18F2O2. The molecule has 0 bridgehead atoms. The monoisotopic (exact) mass is 256 g/mol. The molecule has 5 atom stereocenters. The van der Waals surface area contributed by atoms with Gasteiger partial charge in [0.2, 0.25) is 0 Å². The lowest BCUT2D eigenvalue weighted by Crippen LogP contribution is -2.26. The maximum Gasteiger partial charge on any atom is 0.131 e. The molecule has 1 saturated heterocycles. The van der Waals surface area contributed by atoms with Crippen LogP contribution in [0.4, 0.5) is 8.78 Å². The van der Waals surface area contributed by atoms with Crippen molar-refractivity contribution in [1.82, 2.24) is 0 Å². The average molecular weight is 256 g/mol. The van der Waals surface area contributed by atoms with Crippen molar-refractivity contribution in [3.05, 3.63) is 35.4 Å². The Morgan fingerprint density at radius 3 is 2.11 bits per heavy atom. The highest BCUT2D eigenvalue weighted by Crippen LogP contribution is 2.41. The Kier molecular flexibility index (Phi) is 3.69. The van der Waals surface area contributed by atoms with Crippen LogP contribution in [0, 0.1) is 23.5 Å². The van der Waals surface area contributed by atoms with E-state index in [2.05, 4.69) is 0 Å². The second-order valence-corrected chi connectivity index (χ2v) is 5.06. The standard InChI is InChI=1S/C14H18F2O2/c1-7-8(2)18-9(3)12(7)14(17)13-10(15)5-4-6-11(13)16/h4-9,12,14,17H,1-3H3. The van der Waals surface area contributed by atoms with Crippen molar-refractivity contribution < 1.29 is 18.6 Å². The van der Waals surface area contributed by atoms with E-state index in [-0.39, 0.29) is 29.6 Å². The zero-order valence-electron chi connectivity index (χ0n) is 10.7. The van der Waals surface area contributed by atoms with Crippen molar-refractivity contribution in [2.45, 2.75) is 39.1 Å². The van der Waals surface area contributed by atoms with Crippen molar-refractivity contribution in [3.8, 4) is 0 Å².